The van der Waals surface area contributed by atoms with Crippen LogP contribution in [0, 0.1) is 20.8 Å². The number of aromatic nitrogens is 6. The summed E-state index contributed by atoms with van der Waals surface area (Å²) in [6.07, 6.45) is -0.440. The smallest absolute Gasteiger partial charge is 0.330 e. The van der Waals surface area contributed by atoms with Gasteiger partial charge in [-0.2, -0.15) is 0 Å². The second kappa shape index (κ2) is 41.5. The molecule has 9 saturated heterocycles. The number of aromatic amines is 3. The van der Waals surface area contributed by atoms with Crippen LogP contribution < -0.4 is 33.7 Å². The highest BCUT2D eigenvalue weighted by Crippen LogP contribution is 2.35. The summed E-state index contributed by atoms with van der Waals surface area (Å²) in [5.41, 5.74) is -1.81. The van der Waals surface area contributed by atoms with Crippen LogP contribution in [0.2, 0.25) is 0 Å². The van der Waals surface area contributed by atoms with Gasteiger partial charge in [-0.1, -0.05) is 64.8 Å². The van der Waals surface area contributed by atoms with Crippen molar-refractivity contribution in [2.24, 2.45) is 0 Å². The van der Waals surface area contributed by atoms with Gasteiger partial charge in [-0.05, 0) is 27.7 Å². The summed E-state index contributed by atoms with van der Waals surface area (Å²) < 4.78 is 118. The number of rotatable bonds is 29. The Kier molecular flexibility index (Phi) is 33.8. The minimum atomic E-state index is -0.845. The van der Waals surface area contributed by atoms with Crippen LogP contribution in [0.1, 0.15) is 61.6 Å². The van der Waals surface area contributed by atoms with E-state index in [-0.39, 0.29) is 81.7 Å². The van der Waals surface area contributed by atoms with Crippen molar-refractivity contribution in [1.29, 1.82) is 0 Å². The Morgan fingerprint density at radius 3 is 1.00 bits per heavy atom. The van der Waals surface area contributed by atoms with Gasteiger partial charge in [0.2, 0.25) is 0 Å². The van der Waals surface area contributed by atoms with Gasteiger partial charge >= 0.3 is 17.1 Å². The highest BCUT2D eigenvalue weighted by Gasteiger charge is 2.41. The van der Waals surface area contributed by atoms with E-state index in [0.29, 0.717) is 74.3 Å². The number of aliphatic hydroxyl groups excluding tert-OH is 3. The predicted octanol–water partition coefficient (Wildman–Crippen LogP) is 0.486. The summed E-state index contributed by atoms with van der Waals surface area (Å²) in [5.74, 6) is 4.81. The average Bonchev–Trinajstić information content (AvgIpc) is 1.78. The molecular formula is C59H90N6O30S6. The molecule has 0 spiro atoms. The molecule has 9 aliphatic rings. The average molecular weight is 1560 g/mol. The van der Waals surface area contributed by atoms with Crippen molar-refractivity contribution in [3.8, 4) is 0 Å². The SMILES string of the molecule is COC1OCC(CSSCC2COC(C)O2)O1.COC1OCC(CSSCC2COC(OC[C@H]3O[C@@H](n4cc(C)c(=O)[nH]c4=O)C[C@H]3O)O2)O1.COC1OCC(CSSCC2COC(OC[C@H]3O[C@@H](n4cc(C)c(=O)[nH]c4=O)C[C@H]3O)O2)O1.CO[C@@H]1C[C@H](n2cc(C)c(=O)[nH]c2=O)O[C@@H]1CO. The summed E-state index contributed by atoms with van der Waals surface area (Å²) in [5, 5.41) is 29.8. The molecule has 572 valence electrons. The van der Waals surface area contributed by atoms with Gasteiger partial charge in [-0.3, -0.25) is 43.0 Å². The van der Waals surface area contributed by atoms with E-state index in [1.54, 1.807) is 92.6 Å². The van der Waals surface area contributed by atoms with Gasteiger partial charge in [0.05, 0.1) is 114 Å². The van der Waals surface area contributed by atoms with E-state index in [1.807, 2.05) is 6.92 Å². The largest absolute Gasteiger partial charge is 0.394 e. The first-order valence-electron chi connectivity index (χ1n) is 32.3. The maximum atomic E-state index is 12.1. The third kappa shape index (κ3) is 24.9. The fourth-order valence-electron chi connectivity index (χ4n) is 10.6. The molecule has 0 aromatic carbocycles. The Hall–Kier alpha value is -2.82. The van der Waals surface area contributed by atoms with Crippen molar-refractivity contribution >= 4 is 64.8 Å². The molecule has 0 radical (unpaired) electrons. The van der Waals surface area contributed by atoms with Crippen molar-refractivity contribution in [2.75, 3.05) is 122 Å². The van der Waals surface area contributed by atoms with Crippen molar-refractivity contribution in [3.63, 3.8) is 0 Å². The lowest BCUT2D eigenvalue weighted by molar-refractivity contribution is -0.249. The normalized spacial score (nSPS) is 33.7. The summed E-state index contributed by atoms with van der Waals surface area (Å²) >= 11 is 0. The van der Waals surface area contributed by atoms with E-state index in [2.05, 4.69) is 15.0 Å². The molecule has 12 heterocycles. The Labute approximate surface area is 602 Å². The van der Waals surface area contributed by atoms with Crippen LogP contribution in [0.25, 0.3) is 0 Å². The van der Waals surface area contributed by atoms with Crippen molar-refractivity contribution in [2.45, 2.75) is 178 Å². The molecule has 9 aliphatic heterocycles. The molecule has 42 heteroatoms. The topological polar surface area (TPSA) is 419 Å². The number of ether oxygens (including phenoxy) is 21. The number of hydrogen-bond donors (Lipinski definition) is 6. The first kappa shape index (κ1) is 82.2. The number of hydrogen-bond acceptors (Lipinski definition) is 36. The van der Waals surface area contributed by atoms with Crippen molar-refractivity contribution in [1.82, 2.24) is 28.7 Å². The van der Waals surface area contributed by atoms with Gasteiger partial charge < -0.3 is 115 Å². The number of aryl methyl sites for hydroxylation is 3. The lowest BCUT2D eigenvalue weighted by atomic mass is 10.2. The van der Waals surface area contributed by atoms with E-state index < -0.39 is 115 Å². The van der Waals surface area contributed by atoms with Crippen LogP contribution in [-0.2, 0) is 99.5 Å². The maximum absolute atomic E-state index is 12.1. The Bertz CT molecular complexity index is 3220. The Balaban J connectivity index is 0.000000164. The highest BCUT2D eigenvalue weighted by molar-refractivity contribution is 8.77. The summed E-state index contributed by atoms with van der Waals surface area (Å²) in [6.45, 7) is 6.40. The lowest BCUT2D eigenvalue weighted by Gasteiger charge is -2.18. The van der Waals surface area contributed by atoms with E-state index in [9.17, 15) is 39.0 Å². The number of aliphatic hydroxyl groups is 3. The van der Waals surface area contributed by atoms with E-state index >= 15 is 0 Å². The fraction of sp³-hybridized carbons (Fsp3) is 0.797. The molecule has 0 aliphatic carbocycles. The van der Waals surface area contributed by atoms with Crippen molar-refractivity contribution < 1.29 is 115 Å². The molecule has 3 aromatic rings. The molecule has 3 aromatic heterocycles. The van der Waals surface area contributed by atoms with Crippen LogP contribution in [0.15, 0.2) is 47.4 Å². The first-order valence-corrected chi connectivity index (χ1v) is 39.8. The minimum absolute atomic E-state index is 0.00171. The van der Waals surface area contributed by atoms with Crippen LogP contribution in [-0.4, -0.2) is 278 Å². The molecule has 0 saturated carbocycles. The summed E-state index contributed by atoms with van der Waals surface area (Å²) in [4.78, 5) is 76.9. The van der Waals surface area contributed by atoms with Crippen LogP contribution in [0.3, 0.4) is 0 Å². The maximum Gasteiger partial charge on any atom is 0.330 e. The minimum Gasteiger partial charge on any atom is -0.394 e. The molecule has 101 heavy (non-hydrogen) atoms. The van der Waals surface area contributed by atoms with Gasteiger partial charge in [0.25, 0.3) is 49.1 Å². The number of methoxy groups -OCH3 is 4. The van der Waals surface area contributed by atoms with Gasteiger partial charge in [0.15, 0.2) is 6.29 Å². The second-order valence-corrected chi connectivity index (χ2v) is 31.4. The quantitative estimate of drug-likeness (QED) is 0.0407. The molecule has 0 amide bonds. The number of nitrogens with one attached hydrogen (secondary N) is 3. The zero-order chi connectivity index (χ0) is 72.1. The second-order valence-electron chi connectivity index (χ2n) is 23.8. The highest BCUT2D eigenvalue weighted by atomic mass is 33.1. The molecule has 9 fully saturated rings. The molecule has 0 bridgehead atoms. The predicted molar refractivity (Wildman–Crippen MR) is 365 cm³/mol. The third-order valence-electron chi connectivity index (χ3n) is 16.1. The standard InChI is InChI=1S/2C19H28N2O10S2.C11H16N2O5.C10H18O5S2/c2*1-10-4-21(17(24)20-16(10)23)15-3-13(22)14(31-15)7-28-19-27-6-12(30-19)9-33-32-8-11-5-26-18(25-2)29-11;1-6-4-13(11(16)12-10(6)15)9-3-7(17-2)8(5-14)18-9;1-7-12-3-8(14-7)5-16-17-6-9-4-13-10(11-2)15-9/h2*4,11-15,18-19,22H,3,5-9H2,1-2H3,(H,20,23,24);4,7-9,14H,3,5H2,1-2H3,(H,12,15,16);7-10H,3-6H2,1-2H3/t2*11?,12?,13-,14-,15-,18?,19?;7-,8-,9-;/m111./s1. The van der Waals surface area contributed by atoms with Gasteiger partial charge in [-0.15, -0.1) is 0 Å². The number of H-pyrrole nitrogens is 3. The van der Waals surface area contributed by atoms with Crippen molar-refractivity contribution in [3.05, 3.63) is 97.8 Å². The lowest BCUT2D eigenvalue weighted by Crippen LogP contribution is -2.33. The summed E-state index contributed by atoms with van der Waals surface area (Å²) in [6, 6.07) is 0. The van der Waals surface area contributed by atoms with Crippen LogP contribution in [0.4, 0.5) is 0 Å². The van der Waals surface area contributed by atoms with Crippen LogP contribution in [0.5, 0.6) is 0 Å². The van der Waals surface area contributed by atoms with E-state index in [0.717, 1.165) is 23.0 Å². The summed E-state index contributed by atoms with van der Waals surface area (Å²) in [7, 11) is 16.4. The first-order chi connectivity index (χ1) is 48.7. The third-order valence-corrected chi connectivity index (χ3v) is 23.6. The van der Waals surface area contributed by atoms with E-state index in [1.165, 1.54) is 53.6 Å². The Morgan fingerprint density at radius 1 is 0.416 bits per heavy atom. The van der Waals surface area contributed by atoms with Gasteiger partial charge in [0, 0.05) is 117 Å². The van der Waals surface area contributed by atoms with Crippen LogP contribution >= 0.6 is 64.8 Å². The molecule has 12 unspecified atom stereocenters. The molecule has 12 rings (SSSR count). The molecular weight excluding hydrogens is 1470 g/mol. The molecule has 21 atom stereocenters. The molecule has 36 nitrogen and oxygen atoms in total. The Morgan fingerprint density at radius 2 is 0.713 bits per heavy atom. The van der Waals surface area contributed by atoms with Gasteiger partial charge in [0.1, 0.15) is 37.0 Å². The zero-order valence-electron chi connectivity index (χ0n) is 56.7. The fourth-order valence-corrected chi connectivity index (χ4v) is 17.6. The van der Waals surface area contributed by atoms with E-state index in [4.69, 9.17) is 105 Å². The number of nitrogens with zero attached hydrogens (tertiary/aromatic N) is 3. The molecule has 6 N–H and O–H groups in total. The van der Waals surface area contributed by atoms with Gasteiger partial charge in [-0.25, -0.2) is 14.4 Å². The zero-order valence-corrected chi connectivity index (χ0v) is 61.6. The monoisotopic (exact) mass is 1550 g/mol.